The lowest BCUT2D eigenvalue weighted by Gasteiger charge is -2.34. The molecule has 310 valence electrons. The smallest absolute Gasteiger partial charge is 0.406 e. The number of aryl methyl sites for hydroxylation is 1. The van der Waals surface area contributed by atoms with Gasteiger partial charge in [-0.25, -0.2) is 15.0 Å². The normalized spacial score (nSPS) is 13.6. The number of halogens is 4. The highest BCUT2D eigenvalue weighted by Crippen LogP contribution is 2.33. The highest BCUT2D eigenvalue weighted by atomic mass is 35.5. The van der Waals surface area contributed by atoms with Crippen LogP contribution >= 0.6 is 22.9 Å². The van der Waals surface area contributed by atoms with E-state index >= 15 is 0 Å². The minimum Gasteiger partial charge on any atom is -0.406 e. The Kier molecular flexibility index (Phi) is 14.7. The first-order chi connectivity index (χ1) is 28.4. The number of aromatic nitrogens is 4. The number of pyridine rings is 1. The van der Waals surface area contributed by atoms with Crippen LogP contribution in [0.2, 0.25) is 5.02 Å². The van der Waals surface area contributed by atoms with E-state index in [1.165, 1.54) is 23.3 Å². The number of piperidine rings is 1. The molecule has 5 heterocycles. The van der Waals surface area contributed by atoms with Crippen molar-refractivity contribution in [2.24, 2.45) is 0 Å². The highest BCUT2D eigenvalue weighted by Gasteiger charge is 2.31. The number of thiophene rings is 1. The van der Waals surface area contributed by atoms with Gasteiger partial charge in [-0.05, 0) is 118 Å². The Morgan fingerprint density at radius 2 is 1.73 bits per heavy atom. The Labute approximate surface area is 352 Å². The van der Waals surface area contributed by atoms with E-state index in [9.17, 15) is 18.0 Å². The molecule has 14 heteroatoms. The van der Waals surface area contributed by atoms with Gasteiger partial charge in [0.25, 0.3) is 5.91 Å². The molecular weight excluding hydrogens is 795 g/mol. The summed E-state index contributed by atoms with van der Waals surface area (Å²) in [7, 11) is 0. The van der Waals surface area contributed by atoms with Gasteiger partial charge >= 0.3 is 6.36 Å². The van der Waals surface area contributed by atoms with E-state index in [-0.39, 0.29) is 17.6 Å². The number of amides is 1. The van der Waals surface area contributed by atoms with E-state index in [2.05, 4.69) is 80.3 Å². The van der Waals surface area contributed by atoms with E-state index in [1.807, 2.05) is 30.5 Å². The fourth-order valence-corrected chi connectivity index (χ4v) is 7.96. The number of alkyl halides is 3. The van der Waals surface area contributed by atoms with Gasteiger partial charge < -0.3 is 20.3 Å². The van der Waals surface area contributed by atoms with E-state index in [0.717, 1.165) is 83.9 Å². The number of allylic oxidation sites excluding steroid dienone is 3. The molecule has 0 spiro atoms. The molecule has 1 aliphatic rings. The van der Waals surface area contributed by atoms with Crippen molar-refractivity contribution in [1.82, 2.24) is 24.7 Å². The van der Waals surface area contributed by atoms with Crippen LogP contribution in [-0.2, 0) is 13.0 Å². The molecule has 2 aromatic carbocycles. The molecule has 0 bridgehead atoms. The molecule has 0 atom stereocenters. The van der Waals surface area contributed by atoms with Crippen LogP contribution in [0.5, 0.6) is 5.75 Å². The molecule has 1 fully saturated rings. The molecular formula is C45H49ClF3N7O2S. The number of benzene rings is 2. The van der Waals surface area contributed by atoms with Gasteiger partial charge in [0.2, 0.25) is 0 Å². The molecule has 7 rings (SSSR count). The monoisotopic (exact) mass is 843 g/mol. The van der Waals surface area contributed by atoms with Crippen molar-refractivity contribution in [3.8, 4) is 5.75 Å². The lowest BCUT2D eigenvalue weighted by molar-refractivity contribution is -0.274. The molecule has 4 aromatic heterocycles. The summed E-state index contributed by atoms with van der Waals surface area (Å²) < 4.78 is 44.0. The van der Waals surface area contributed by atoms with Crippen LogP contribution in [-0.4, -0.2) is 51.3 Å². The maximum absolute atomic E-state index is 13.0. The Hall–Kier alpha value is -5.40. The van der Waals surface area contributed by atoms with Crippen molar-refractivity contribution in [3.63, 3.8) is 0 Å². The Morgan fingerprint density at radius 1 is 0.983 bits per heavy atom. The van der Waals surface area contributed by atoms with Crippen molar-refractivity contribution in [1.29, 1.82) is 0 Å². The van der Waals surface area contributed by atoms with E-state index in [1.54, 1.807) is 52.5 Å². The van der Waals surface area contributed by atoms with Crippen LogP contribution in [0.4, 0.5) is 24.7 Å². The largest absolute Gasteiger partial charge is 0.573 e. The number of carbonyl (C=O) groups is 1. The van der Waals surface area contributed by atoms with Gasteiger partial charge in [0, 0.05) is 38.1 Å². The fraction of sp³-hybridized carbons (Fsp3) is 0.333. The number of carbonyl (C=O) groups excluding carboxylic acids is 1. The zero-order valence-electron chi connectivity index (χ0n) is 33.7. The predicted octanol–water partition coefficient (Wildman–Crippen LogP) is 11.6. The van der Waals surface area contributed by atoms with Gasteiger partial charge in [-0.3, -0.25) is 9.20 Å². The zero-order valence-corrected chi connectivity index (χ0v) is 35.2. The van der Waals surface area contributed by atoms with Crippen LogP contribution in [0.15, 0.2) is 108 Å². The first-order valence-corrected chi connectivity index (χ1v) is 21.0. The van der Waals surface area contributed by atoms with E-state index < -0.39 is 6.36 Å². The maximum atomic E-state index is 13.0. The van der Waals surface area contributed by atoms with Crippen molar-refractivity contribution < 1.29 is 22.7 Å². The van der Waals surface area contributed by atoms with E-state index in [4.69, 9.17) is 11.6 Å². The number of nitrogens with zero attached hydrogens (tertiary/aromatic N) is 5. The number of anilines is 2. The SMILES string of the molecule is CC(C)=CCC/C(C)=C/CNc1ncnc2ccsc12.CCc1nc2ccc(Cl)cn2c1C(=O)NCc1ccc(N2CCC(c3ccc(OC(F)(F)F)cc3)CC2)cc1. The molecule has 1 aliphatic heterocycles. The van der Waals surface area contributed by atoms with Crippen LogP contribution in [0, 0.1) is 0 Å². The summed E-state index contributed by atoms with van der Waals surface area (Å²) in [4.78, 5) is 28.4. The Balaban J connectivity index is 0.000000246. The average molecular weight is 844 g/mol. The minimum atomic E-state index is -4.68. The number of imidazole rings is 1. The molecule has 0 unspecified atom stereocenters. The highest BCUT2D eigenvalue weighted by molar-refractivity contribution is 7.17. The number of rotatable bonds is 13. The van der Waals surface area contributed by atoms with Gasteiger partial charge in [0.15, 0.2) is 0 Å². The molecule has 2 N–H and O–H groups in total. The van der Waals surface area contributed by atoms with Gasteiger partial charge in [-0.15, -0.1) is 24.5 Å². The van der Waals surface area contributed by atoms with Gasteiger partial charge in [0.05, 0.1) is 20.9 Å². The van der Waals surface area contributed by atoms with Crippen molar-refractivity contribution in [2.45, 2.75) is 78.6 Å². The first kappa shape index (κ1) is 43.2. The molecule has 1 saturated heterocycles. The second-order valence-electron chi connectivity index (χ2n) is 14.7. The summed E-state index contributed by atoms with van der Waals surface area (Å²) in [6.07, 6.45) is 7.82. The van der Waals surface area contributed by atoms with Gasteiger partial charge in [-0.2, -0.15) is 0 Å². The second-order valence-corrected chi connectivity index (χ2v) is 16.0. The first-order valence-electron chi connectivity index (χ1n) is 19.7. The third-order valence-corrected chi connectivity index (χ3v) is 11.2. The minimum absolute atomic E-state index is 0.200. The molecule has 0 radical (unpaired) electrons. The van der Waals surface area contributed by atoms with Crippen LogP contribution in [0.1, 0.15) is 86.6 Å². The summed E-state index contributed by atoms with van der Waals surface area (Å²) in [5.41, 5.74) is 8.81. The quantitative estimate of drug-likeness (QED) is 0.112. The lowest BCUT2D eigenvalue weighted by atomic mass is 9.89. The van der Waals surface area contributed by atoms with Crippen LogP contribution < -0.4 is 20.3 Å². The number of ether oxygens (including phenoxy) is 1. The summed E-state index contributed by atoms with van der Waals surface area (Å²) in [5.74, 6) is 0.816. The number of fused-ring (bicyclic) bond motifs is 2. The van der Waals surface area contributed by atoms with Crippen molar-refractivity contribution in [2.75, 3.05) is 29.9 Å². The topological polar surface area (TPSA) is 96.7 Å². The second kappa shape index (κ2) is 20.0. The fourth-order valence-electron chi connectivity index (χ4n) is 6.98. The Bertz CT molecular complexity index is 2380. The van der Waals surface area contributed by atoms with Crippen molar-refractivity contribution >= 4 is 56.2 Å². The molecule has 9 nitrogen and oxygen atoms in total. The van der Waals surface area contributed by atoms with Gasteiger partial charge in [0.1, 0.15) is 29.2 Å². The van der Waals surface area contributed by atoms with E-state index in [0.29, 0.717) is 29.3 Å². The van der Waals surface area contributed by atoms with Crippen molar-refractivity contribution in [3.05, 3.63) is 135 Å². The van der Waals surface area contributed by atoms with Crippen LogP contribution in [0.25, 0.3) is 15.9 Å². The molecule has 1 amide bonds. The molecule has 0 aliphatic carbocycles. The summed E-state index contributed by atoms with van der Waals surface area (Å²) in [6.45, 7) is 11.3. The summed E-state index contributed by atoms with van der Waals surface area (Å²) in [5, 5.41) is 8.95. The summed E-state index contributed by atoms with van der Waals surface area (Å²) in [6, 6.07) is 19.9. The zero-order chi connectivity index (χ0) is 41.9. The average Bonchev–Trinajstić information content (AvgIpc) is 3.85. The maximum Gasteiger partial charge on any atom is 0.573 e. The lowest BCUT2D eigenvalue weighted by Crippen LogP contribution is -2.32. The standard InChI is InChI=1S/C29H28ClF3N4O2.C16H21N3S/c1-2-25-27(37-18-22(30)7-12-26(37)35-25)28(38)34-17-19-3-8-23(9-4-19)36-15-13-21(14-16-36)20-5-10-24(11-6-20)39-29(31,32)33;1-12(2)5-4-6-13(3)7-9-17-16-15-14(8-10-20-15)18-11-19-16/h3-12,18,21H,2,13-17H2,1H3,(H,34,38);5,7-8,10-11H,4,6,9H2,1-3H3,(H,17,18,19)/b;13-7+. The van der Waals surface area contributed by atoms with Crippen LogP contribution in [0.3, 0.4) is 0 Å². The number of hydrogen-bond acceptors (Lipinski definition) is 8. The van der Waals surface area contributed by atoms with Gasteiger partial charge in [-0.1, -0.05) is 66.1 Å². The Morgan fingerprint density at radius 3 is 2.42 bits per heavy atom. The third-order valence-electron chi connectivity index (χ3n) is 10.1. The number of nitrogens with one attached hydrogen (secondary N) is 2. The summed E-state index contributed by atoms with van der Waals surface area (Å²) >= 11 is 7.81. The predicted molar refractivity (Wildman–Crippen MR) is 233 cm³/mol. The molecule has 0 saturated carbocycles. The molecule has 59 heavy (non-hydrogen) atoms. The molecule has 6 aromatic rings. The number of hydrogen-bond donors (Lipinski definition) is 2. The third kappa shape index (κ3) is 12.1.